The molecule has 0 heterocycles. The lowest BCUT2D eigenvalue weighted by molar-refractivity contribution is 0.318. The third kappa shape index (κ3) is 3.56. The number of hydrogen-bond donors (Lipinski definition) is 2. The number of rotatable bonds is 5. The quantitative estimate of drug-likeness (QED) is 0.376. The van der Waals surface area contributed by atoms with Crippen LogP contribution in [0.5, 0.6) is 5.75 Å². The van der Waals surface area contributed by atoms with E-state index in [1.165, 1.54) is 31.2 Å². The van der Waals surface area contributed by atoms with Crippen LogP contribution < -0.4 is 10.5 Å². The Morgan fingerprint density at radius 2 is 2.21 bits per heavy atom. The minimum atomic E-state index is 0.0758. The zero-order chi connectivity index (χ0) is 13.7. The maximum atomic E-state index is 8.73. The van der Waals surface area contributed by atoms with Crippen LogP contribution in [0.15, 0.2) is 23.4 Å². The lowest BCUT2D eigenvalue weighted by atomic mass is 10.1. The van der Waals surface area contributed by atoms with Crippen molar-refractivity contribution >= 4 is 17.6 Å². The number of oxime groups is 1. The second-order valence-corrected chi connectivity index (χ2v) is 6.03. The van der Waals surface area contributed by atoms with Crippen LogP contribution in [0.25, 0.3) is 0 Å². The molecule has 0 saturated heterocycles. The molecule has 0 spiro atoms. The Balaban J connectivity index is 2.05. The fourth-order valence-corrected chi connectivity index (χ4v) is 3.63. The van der Waals surface area contributed by atoms with E-state index in [2.05, 4.69) is 5.16 Å². The van der Waals surface area contributed by atoms with Crippen LogP contribution in [-0.2, 0) is 5.75 Å². The molecular weight excluding hydrogens is 260 g/mol. The first-order valence-corrected chi connectivity index (χ1v) is 7.56. The number of methoxy groups -OCH3 is 1. The van der Waals surface area contributed by atoms with Crippen LogP contribution >= 0.6 is 11.8 Å². The number of hydrogen-bond acceptors (Lipinski definition) is 4. The Morgan fingerprint density at radius 3 is 2.84 bits per heavy atom. The highest BCUT2D eigenvalue weighted by atomic mass is 32.2. The van der Waals surface area contributed by atoms with Crippen LogP contribution in [0, 0.1) is 0 Å². The Morgan fingerprint density at radius 1 is 1.47 bits per heavy atom. The van der Waals surface area contributed by atoms with Crippen molar-refractivity contribution in [1.29, 1.82) is 0 Å². The summed E-state index contributed by atoms with van der Waals surface area (Å²) in [5.41, 5.74) is 7.45. The van der Waals surface area contributed by atoms with Gasteiger partial charge in [0, 0.05) is 11.0 Å². The second kappa shape index (κ2) is 6.70. The standard InChI is InChI=1S/C14H20N2O2S/c1-18-13-8-10(6-7-12(13)14(15)16-17)9-19-11-4-2-3-5-11/h6-8,11,17H,2-5,9H2,1H3,(H2,15,16). The Kier molecular flexibility index (Phi) is 4.96. The smallest absolute Gasteiger partial charge is 0.173 e. The van der Waals surface area contributed by atoms with Crippen LogP contribution in [0.2, 0.25) is 0 Å². The largest absolute Gasteiger partial charge is 0.496 e. The number of nitrogens with zero attached hydrogens (tertiary/aromatic N) is 1. The SMILES string of the molecule is COc1cc(CSC2CCCC2)ccc1/C(N)=N/O. The van der Waals surface area contributed by atoms with Crippen molar-refractivity contribution in [2.24, 2.45) is 10.9 Å². The summed E-state index contributed by atoms with van der Waals surface area (Å²) in [6.07, 6.45) is 5.40. The molecule has 1 saturated carbocycles. The van der Waals surface area contributed by atoms with Gasteiger partial charge >= 0.3 is 0 Å². The minimum absolute atomic E-state index is 0.0758. The summed E-state index contributed by atoms with van der Waals surface area (Å²) in [4.78, 5) is 0. The first kappa shape index (κ1) is 14.1. The fourth-order valence-electron chi connectivity index (χ4n) is 2.36. The molecule has 1 fully saturated rings. The summed E-state index contributed by atoms with van der Waals surface area (Å²) in [6, 6.07) is 5.82. The van der Waals surface area contributed by atoms with E-state index < -0.39 is 0 Å². The van der Waals surface area contributed by atoms with Crippen LogP contribution in [-0.4, -0.2) is 23.4 Å². The molecule has 104 valence electrons. The van der Waals surface area contributed by atoms with E-state index in [1.807, 2.05) is 30.0 Å². The van der Waals surface area contributed by atoms with Gasteiger partial charge in [0.1, 0.15) is 5.75 Å². The van der Waals surface area contributed by atoms with Gasteiger partial charge in [-0.2, -0.15) is 11.8 Å². The van der Waals surface area contributed by atoms with Gasteiger partial charge < -0.3 is 15.7 Å². The maximum absolute atomic E-state index is 8.73. The van der Waals surface area contributed by atoms with Gasteiger partial charge in [-0.05, 0) is 30.5 Å². The van der Waals surface area contributed by atoms with E-state index in [0.717, 1.165) is 11.0 Å². The molecule has 0 aromatic heterocycles. The normalized spacial score (nSPS) is 16.8. The third-order valence-corrected chi connectivity index (χ3v) is 4.88. The molecule has 5 heteroatoms. The summed E-state index contributed by atoms with van der Waals surface area (Å²) >= 11 is 2.01. The van der Waals surface area contributed by atoms with Gasteiger partial charge in [-0.25, -0.2) is 0 Å². The van der Waals surface area contributed by atoms with E-state index in [4.69, 9.17) is 15.7 Å². The lowest BCUT2D eigenvalue weighted by Gasteiger charge is -2.11. The van der Waals surface area contributed by atoms with E-state index in [9.17, 15) is 0 Å². The number of ether oxygens (including phenoxy) is 1. The summed E-state index contributed by atoms with van der Waals surface area (Å²) in [6.45, 7) is 0. The van der Waals surface area contributed by atoms with Gasteiger partial charge in [-0.1, -0.05) is 24.1 Å². The third-order valence-electron chi connectivity index (χ3n) is 3.44. The summed E-state index contributed by atoms with van der Waals surface area (Å²) in [5, 5.41) is 12.5. The van der Waals surface area contributed by atoms with Crippen LogP contribution in [0.4, 0.5) is 0 Å². The van der Waals surface area contributed by atoms with Crippen molar-refractivity contribution in [2.45, 2.75) is 36.7 Å². The van der Waals surface area contributed by atoms with Gasteiger partial charge in [0.05, 0.1) is 12.7 Å². The predicted octanol–water partition coefficient (Wildman–Crippen LogP) is 2.97. The molecule has 3 N–H and O–H groups in total. The Labute approximate surface area is 118 Å². The fraction of sp³-hybridized carbons (Fsp3) is 0.500. The second-order valence-electron chi connectivity index (χ2n) is 4.74. The number of benzene rings is 1. The zero-order valence-corrected chi connectivity index (χ0v) is 11.9. The van der Waals surface area contributed by atoms with Gasteiger partial charge in [-0.15, -0.1) is 0 Å². The lowest BCUT2D eigenvalue weighted by Crippen LogP contribution is -2.14. The van der Waals surface area contributed by atoms with Gasteiger partial charge in [0.2, 0.25) is 0 Å². The highest BCUT2D eigenvalue weighted by Crippen LogP contribution is 2.32. The number of nitrogens with two attached hydrogens (primary N) is 1. The van der Waals surface area contributed by atoms with Crippen molar-refractivity contribution in [3.8, 4) is 5.75 Å². The van der Waals surface area contributed by atoms with Crippen LogP contribution in [0.3, 0.4) is 0 Å². The topological polar surface area (TPSA) is 67.8 Å². The van der Waals surface area contributed by atoms with Gasteiger partial charge in [0.15, 0.2) is 5.84 Å². The summed E-state index contributed by atoms with van der Waals surface area (Å²) in [7, 11) is 1.59. The van der Waals surface area contributed by atoms with Crippen molar-refractivity contribution in [2.75, 3.05) is 7.11 Å². The van der Waals surface area contributed by atoms with Gasteiger partial charge in [0.25, 0.3) is 0 Å². The predicted molar refractivity (Wildman–Crippen MR) is 79.1 cm³/mol. The maximum Gasteiger partial charge on any atom is 0.173 e. The summed E-state index contributed by atoms with van der Waals surface area (Å²) < 4.78 is 5.30. The first-order chi connectivity index (χ1) is 9.24. The molecule has 4 nitrogen and oxygen atoms in total. The molecule has 1 aliphatic carbocycles. The molecule has 0 aliphatic heterocycles. The van der Waals surface area contributed by atoms with E-state index in [0.29, 0.717) is 11.3 Å². The molecule has 0 amide bonds. The molecule has 0 radical (unpaired) electrons. The van der Waals surface area contributed by atoms with Crippen molar-refractivity contribution in [3.05, 3.63) is 29.3 Å². The number of thioether (sulfide) groups is 1. The average molecular weight is 280 g/mol. The van der Waals surface area contributed by atoms with E-state index in [-0.39, 0.29) is 5.84 Å². The highest BCUT2D eigenvalue weighted by Gasteiger charge is 2.16. The molecule has 2 rings (SSSR count). The zero-order valence-electron chi connectivity index (χ0n) is 11.1. The molecule has 19 heavy (non-hydrogen) atoms. The molecule has 1 aliphatic rings. The number of amidine groups is 1. The average Bonchev–Trinajstić information content (AvgIpc) is 2.97. The van der Waals surface area contributed by atoms with Crippen molar-refractivity contribution in [1.82, 2.24) is 0 Å². The molecule has 0 bridgehead atoms. The highest BCUT2D eigenvalue weighted by molar-refractivity contribution is 7.99. The van der Waals surface area contributed by atoms with E-state index >= 15 is 0 Å². The molecular formula is C14H20N2O2S. The molecule has 1 aromatic carbocycles. The van der Waals surface area contributed by atoms with E-state index in [1.54, 1.807) is 7.11 Å². The van der Waals surface area contributed by atoms with Crippen LogP contribution in [0.1, 0.15) is 36.8 Å². The molecule has 0 atom stereocenters. The monoisotopic (exact) mass is 280 g/mol. The Bertz CT molecular complexity index is 457. The first-order valence-electron chi connectivity index (χ1n) is 6.51. The Hall–Kier alpha value is -1.36. The van der Waals surface area contributed by atoms with Crippen molar-refractivity contribution in [3.63, 3.8) is 0 Å². The summed E-state index contributed by atoms with van der Waals surface area (Å²) in [5.74, 6) is 1.71. The minimum Gasteiger partial charge on any atom is -0.496 e. The van der Waals surface area contributed by atoms with Crippen molar-refractivity contribution < 1.29 is 9.94 Å². The van der Waals surface area contributed by atoms with Gasteiger partial charge in [-0.3, -0.25) is 0 Å². The molecule has 1 aromatic rings. The molecule has 0 unspecified atom stereocenters.